The van der Waals surface area contributed by atoms with Gasteiger partial charge in [0.1, 0.15) is 0 Å². The van der Waals surface area contributed by atoms with Crippen LogP contribution in [0.15, 0.2) is 54.6 Å². The normalized spacial score (nSPS) is 13.9. The Morgan fingerprint density at radius 1 is 0.962 bits per heavy atom. The van der Waals surface area contributed by atoms with E-state index in [0.29, 0.717) is 12.1 Å². The second-order valence-corrected chi connectivity index (χ2v) is 6.07. The van der Waals surface area contributed by atoms with Crippen LogP contribution in [0.5, 0.6) is 0 Å². The number of nitrogens with zero attached hydrogens (tertiary/aromatic N) is 1. The number of carbonyl (C=O) groups excluding carboxylic acids is 2. The molecule has 0 spiro atoms. The van der Waals surface area contributed by atoms with Crippen LogP contribution in [0.1, 0.15) is 16.8 Å². The van der Waals surface area contributed by atoms with Crippen molar-refractivity contribution >= 4 is 23.2 Å². The van der Waals surface area contributed by atoms with Gasteiger partial charge < -0.3 is 20.3 Å². The van der Waals surface area contributed by atoms with E-state index in [9.17, 15) is 9.59 Å². The third-order valence-electron chi connectivity index (χ3n) is 4.20. The van der Waals surface area contributed by atoms with Crippen LogP contribution in [0.25, 0.3) is 0 Å². The van der Waals surface area contributed by atoms with E-state index in [-0.39, 0.29) is 18.2 Å². The second-order valence-electron chi connectivity index (χ2n) is 6.07. The molecule has 136 valence electrons. The van der Waals surface area contributed by atoms with Crippen molar-refractivity contribution in [2.45, 2.75) is 6.42 Å². The average molecular weight is 353 g/mol. The van der Waals surface area contributed by atoms with Crippen molar-refractivity contribution in [1.29, 1.82) is 0 Å². The summed E-state index contributed by atoms with van der Waals surface area (Å²) in [5, 5.41) is 5.60. The van der Waals surface area contributed by atoms with Crippen LogP contribution in [-0.4, -0.2) is 44.7 Å². The first-order valence-corrected chi connectivity index (χ1v) is 8.78. The quantitative estimate of drug-likeness (QED) is 0.836. The zero-order valence-corrected chi connectivity index (χ0v) is 14.6. The van der Waals surface area contributed by atoms with Crippen LogP contribution < -0.4 is 15.5 Å². The van der Waals surface area contributed by atoms with Gasteiger partial charge in [0.05, 0.1) is 13.2 Å². The molecule has 2 aromatic rings. The summed E-state index contributed by atoms with van der Waals surface area (Å²) < 4.78 is 5.35. The molecule has 1 aliphatic heterocycles. The summed E-state index contributed by atoms with van der Waals surface area (Å²) in [7, 11) is 0. The molecule has 6 nitrogen and oxygen atoms in total. The Balaban J connectivity index is 1.42. The lowest BCUT2D eigenvalue weighted by Crippen LogP contribution is -2.36. The summed E-state index contributed by atoms with van der Waals surface area (Å²) >= 11 is 0. The monoisotopic (exact) mass is 353 g/mol. The number of nitrogens with one attached hydrogen (secondary N) is 2. The van der Waals surface area contributed by atoms with Crippen molar-refractivity contribution in [3.8, 4) is 0 Å². The number of ether oxygens (including phenoxy) is 1. The smallest absolute Gasteiger partial charge is 0.251 e. The van der Waals surface area contributed by atoms with Gasteiger partial charge in [-0.2, -0.15) is 0 Å². The molecule has 1 aliphatic rings. The number of rotatable bonds is 6. The number of hydrogen-bond acceptors (Lipinski definition) is 4. The molecular formula is C20H23N3O3. The number of hydrogen-bond donors (Lipinski definition) is 2. The fourth-order valence-corrected chi connectivity index (χ4v) is 2.78. The van der Waals surface area contributed by atoms with Gasteiger partial charge in [0, 0.05) is 43.0 Å². The number of benzene rings is 2. The molecule has 0 aromatic heterocycles. The van der Waals surface area contributed by atoms with Crippen molar-refractivity contribution in [3.05, 3.63) is 60.2 Å². The molecule has 0 radical (unpaired) electrons. The first-order chi connectivity index (χ1) is 12.7. The van der Waals surface area contributed by atoms with Crippen molar-refractivity contribution in [2.24, 2.45) is 0 Å². The van der Waals surface area contributed by atoms with Gasteiger partial charge >= 0.3 is 0 Å². The lowest BCUT2D eigenvalue weighted by Gasteiger charge is -2.28. The summed E-state index contributed by atoms with van der Waals surface area (Å²) in [6, 6.07) is 16.7. The van der Waals surface area contributed by atoms with Crippen LogP contribution in [0.2, 0.25) is 0 Å². The molecule has 6 heteroatoms. The minimum Gasteiger partial charge on any atom is -0.378 e. The maximum atomic E-state index is 12.0. The third-order valence-corrected chi connectivity index (χ3v) is 4.20. The lowest BCUT2D eigenvalue weighted by molar-refractivity contribution is -0.116. The van der Waals surface area contributed by atoms with Crippen LogP contribution in [0.3, 0.4) is 0 Å². The highest BCUT2D eigenvalue weighted by Crippen LogP contribution is 2.19. The standard InChI is InChI=1S/C20H23N3O3/c24-19(10-11-21-20(25)16-4-2-1-3-5-16)22-17-6-8-18(9-7-17)23-12-14-26-15-13-23/h1-9H,10-15H2,(H,21,25)(H,22,24). The summed E-state index contributed by atoms with van der Waals surface area (Å²) in [6.07, 6.45) is 0.226. The highest BCUT2D eigenvalue weighted by atomic mass is 16.5. The van der Waals surface area contributed by atoms with E-state index in [2.05, 4.69) is 15.5 Å². The molecule has 2 aromatic carbocycles. The van der Waals surface area contributed by atoms with Crippen LogP contribution >= 0.6 is 0 Å². The van der Waals surface area contributed by atoms with E-state index in [1.165, 1.54) is 0 Å². The molecule has 26 heavy (non-hydrogen) atoms. The first kappa shape index (κ1) is 17.9. The topological polar surface area (TPSA) is 70.7 Å². The molecule has 1 fully saturated rings. The Hall–Kier alpha value is -2.86. The van der Waals surface area contributed by atoms with Gasteiger partial charge in [-0.1, -0.05) is 18.2 Å². The molecule has 2 amide bonds. The van der Waals surface area contributed by atoms with Crippen molar-refractivity contribution in [2.75, 3.05) is 43.1 Å². The Labute approximate surface area is 153 Å². The summed E-state index contributed by atoms with van der Waals surface area (Å²) in [4.78, 5) is 26.2. The minimum atomic E-state index is -0.173. The van der Waals surface area contributed by atoms with E-state index in [0.717, 1.165) is 37.7 Å². The van der Waals surface area contributed by atoms with Crippen LogP contribution in [0.4, 0.5) is 11.4 Å². The number of carbonyl (C=O) groups is 2. The summed E-state index contributed by atoms with van der Waals surface area (Å²) in [6.45, 7) is 3.55. The van der Waals surface area contributed by atoms with Gasteiger partial charge in [-0.15, -0.1) is 0 Å². The molecule has 1 saturated heterocycles. The van der Waals surface area contributed by atoms with Crippen molar-refractivity contribution < 1.29 is 14.3 Å². The van der Waals surface area contributed by atoms with Gasteiger partial charge in [-0.3, -0.25) is 9.59 Å². The molecular weight excluding hydrogens is 330 g/mol. The molecule has 1 heterocycles. The van der Waals surface area contributed by atoms with E-state index >= 15 is 0 Å². The van der Waals surface area contributed by atoms with E-state index in [1.54, 1.807) is 12.1 Å². The van der Waals surface area contributed by atoms with E-state index < -0.39 is 0 Å². The van der Waals surface area contributed by atoms with Gasteiger partial charge in [0.25, 0.3) is 5.91 Å². The van der Waals surface area contributed by atoms with Crippen molar-refractivity contribution in [3.63, 3.8) is 0 Å². The SMILES string of the molecule is O=C(CCNC(=O)c1ccccc1)Nc1ccc(N2CCOCC2)cc1. The van der Waals surface area contributed by atoms with E-state index in [4.69, 9.17) is 4.74 Å². The number of amides is 2. The Morgan fingerprint density at radius 2 is 1.65 bits per heavy atom. The van der Waals surface area contributed by atoms with Gasteiger partial charge in [0.2, 0.25) is 5.91 Å². The maximum absolute atomic E-state index is 12.0. The third kappa shape index (κ3) is 5.07. The van der Waals surface area contributed by atoms with Gasteiger partial charge in [0.15, 0.2) is 0 Å². The number of anilines is 2. The van der Waals surface area contributed by atoms with Crippen LogP contribution in [0, 0.1) is 0 Å². The van der Waals surface area contributed by atoms with Crippen molar-refractivity contribution in [1.82, 2.24) is 5.32 Å². The largest absolute Gasteiger partial charge is 0.378 e. The number of morpholine rings is 1. The summed E-state index contributed by atoms with van der Waals surface area (Å²) in [5.74, 6) is -0.300. The molecule has 2 N–H and O–H groups in total. The first-order valence-electron chi connectivity index (χ1n) is 8.78. The van der Waals surface area contributed by atoms with E-state index in [1.807, 2.05) is 42.5 Å². The predicted octanol–water partition coefficient (Wildman–Crippen LogP) is 2.28. The minimum absolute atomic E-state index is 0.127. The highest BCUT2D eigenvalue weighted by Gasteiger charge is 2.11. The Bertz CT molecular complexity index is 726. The lowest BCUT2D eigenvalue weighted by atomic mass is 10.2. The Kier molecular flexibility index (Phi) is 6.22. The average Bonchev–Trinajstić information content (AvgIpc) is 2.70. The van der Waals surface area contributed by atoms with Gasteiger partial charge in [-0.05, 0) is 36.4 Å². The van der Waals surface area contributed by atoms with Crippen LogP contribution in [-0.2, 0) is 9.53 Å². The zero-order chi connectivity index (χ0) is 18.2. The molecule has 3 rings (SSSR count). The predicted molar refractivity (Wildman–Crippen MR) is 101 cm³/mol. The molecule has 0 saturated carbocycles. The molecule has 0 aliphatic carbocycles. The molecule has 0 atom stereocenters. The fourth-order valence-electron chi connectivity index (χ4n) is 2.78. The molecule has 0 bridgehead atoms. The Morgan fingerprint density at radius 3 is 2.35 bits per heavy atom. The van der Waals surface area contributed by atoms with Gasteiger partial charge in [-0.25, -0.2) is 0 Å². The second kappa shape index (κ2) is 9.01. The fraction of sp³-hybridized carbons (Fsp3) is 0.300. The maximum Gasteiger partial charge on any atom is 0.251 e. The zero-order valence-electron chi connectivity index (χ0n) is 14.6. The molecule has 0 unspecified atom stereocenters. The summed E-state index contributed by atoms with van der Waals surface area (Å²) in [5.41, 5.74) is 2.47. The highest BCUT2D eigenvalue weighted by molar-refractivity contribution is 5.95.